The Balaban J connectivity index is 1.46. The summed E-state index contributed by atoms with van der Waals surface area (Å²) in [6.45, 7) is 0. The monoisotopic (exact) mass is 374 g/mol. The predicted molar refractivity (Wildman–Crippen MR) is 89.8 cm³/mol. The molecule has 2 fully saturated rings. The van der Waals surface area contributed by atoms with Crippen LogP contribution in [0.1, 0.15) is 37.3 Å². The number of rotatable bonds is 3. The summed E-state index contributed by atoms with van der Waals surface area (Å²) in [4.78, 5) is 19.0. The van der Waals surface area contributed by atoms with Gasteiger partial charge in [-0.3, -0.25) is 4.79 Å². The summed E-state index contributed by atoms with van der Waals surface area (Å²) in [6.07, 6.45) is 8.09. The van der Waals surface area contributed by atoms with Crippen molar-refractivity contribution in [2.75, 3.05) is 0 Å². The van der Waals surface area contributed by atoms with E-state index >= 15 is 0 Å². The third kappa shape index (κ3) is 2.92. The number of halogens is 1. The molecular formula is C17H19BrN4O. The minimum Gasteiger partial charge on any atom is -0.336 e. The summed E-state index contributed by atoms with van der Waals surface area (Å²) in [5.41, 5.74) is 1.08. The van der Waals surface area contributed by atoms with E-state index in [2.05, 4.69) is 30.9 Å². The Morgan fingerprint density at radius 2 is 1.83 bits per heavy atom. The van der Waals surface area contributed by atoms with E-state index < -0.39 is 0 Å². The van der Waals surface area contributed by atoms with Crippen LogP contribution in [-0.2, 0) is 11.2 Å². The fourth-order valence-corrected chi connectivity index (χ4v) is 4.31. The molecule has 23 heavy (non-hydrogen) atoms. The highest BCUT2D eigenvalue weighted by atomic mass is 79.9. The highest BCUT2D eigenvalue weighted by Gasteiger charge is 2.43. The Labute approximate surface area is 143 Å². The number of nitrogens with zero attached hydrogens (tertiary/aromatic N) is 4. The first-order chi connectivity index (χ1) is 11.2. The summed E-state index contributed by atoms with van der Waals surface area (Å²) in [7, 11) is 0. The zero-order valence-electron chi connectivity index (χ0n) is 12.8. The second-order valence-electron chi connectivity index (χ2n) is 6.49. The van der Waals surface area contributed by atoms with Crippen molar-refractivity contribution in [3.05, 3.63) is 47.0 Å². The Bertz CT molecular complexity index is 671. The van der Waals surface area contributed by atoms with Crippen molar-refractivity contribution in [3.63, 3.8) is 0 Å². The molecule has 0 aliphatic carbocycles. The van der Waals surface area contributed by atoms with E-state index in [4.69, 9.17) is 0 Å². The van der Waals surface area contributed by atoms with Crippen LogP contribution in [0.3, 0.4) is 0 Å². The molecule has 1 aromatic carbocycles. The van der Waals surface area contributed by atoms with Gasteiger partial charge in [0.2, 0.25) is 5.91 Å². The quantitative estimate of drug-likeness (QED) is 0.829. The van der Waals surface area contributed by atoms with E-state index in [1.54, 1.807) is 12.7 Å². The second kappa shape index (κ2) is 6.07. The molecule has 6 heteroatoms. The fourth-order valence-electron chi connectivity index (χ4n) is 4.05. The molecule has 3 heterocycles. The third-order valence-electron chi connectivity index (χ3n) is 5.08. The van der Waals surface area contributed by atoms with Crippen LogP contribution in [0.15, 0.2) is 41.4 Å². The van der Waals surface area contributed by atoms with Crippen LogP contribution in [0, 0.1) is 0 Å². The lowest BCUT2D eigenvalue weighted by Gasteiger charge is -2.39. The lowest BCUT2D eigenvalue weighted by molar-refractivity contribution is -0.135. The molecule has 2 bridgehead atoms. The van der Waals surface area contributed by atoms with Crippen molar-refractivity contribution in [1.29, 1.82) is 0 Å². The van der Waals surface area contributed by atoms with Crippen LogP contribution in [0.4, 0.5) is 0 Å². The molecule has 5 nitrogen and oxygen atoms in total. The molecule has 0 radical (unpaired) electrons. The molecule has 2 aliphatic rings. The van der Waals surface area contributed by atoms with Gasteiger partial charge in [0, 0.05) is 16.6 Å². The lowest BCUT2D eigenvalue weighted by Crippen LogP contribution is -2.47. The average molecular weight is 375 g/mol. The Kier molecular flexibility index (Phi) is 3.93. The molecule has 2 aromatic rings. The minimum absolute atomic E-state index is 0.261. The van der Waals surface area contributed by atoms with Crippen molar-refractivity contribution in [3.8, 4) is 0 Å². The molecule has 2 saturated heterocycles. The normalized spacial score (nSPS) is 26.5. The van der Waals surface area contributed by atoms with Crippen molar-refractivity contribution in [2.24, 2.45) is 0 Å². The van der Waals surface area contributed by atoms with E-state index in [1.807, 2.05) is 28.9 Å². The van der Waals surface area contributed by atoms with Gasteiger partial charge in [-0.2, -0.15) is 5.10 Å². The number of carbonyl (C=O) groups is 1. The van der Waals surface area contributed by atoms with E-state index in [0.29, 0.717) is 24.5 Å². The first-order valence-corrected chi connectivity index (χ1v) is 8.90. The summed E-state index contributed by atoms with van der Waals surface area (Å²) in [6, 6.07) is 9.11. The van der Waals surface area contributed by atoms with Crippen molar-refractivity contribution >= 4 is 21.8 Å². The highest BCUT2D eigenvalue weighted by molar-refractivity contribution is 9.10. The number of carbonyl (C=O) groups excluding carboxylic acids is 1. The van der Waals surface area contributed by atoms with Gasteiger partial charge in [0.1, 0.15) is 12.7 Å². The predicted octanol–water partition coefficient (Wildman–Crippen LogP) is 2.98. The molecule has 0 saturated carbocycles. The molecular weight excluding hydrogens is 356 g/mol. The maximum Gasteiger partial charge on any atom is 0.227 e. The van der Waals surface area contributed by atoms with Gasteiger partial charge in [-0.05, 0) is 43.4 Å². The first kappa shape index (κ1) is 14.9. The Morgan fingerprint density at radius 1 is 1.13 bits per heavy atom. The molecule has 2 aliphatic heterocycles. The zero-order valence-corrected chi connectivity index (χ0v) is 14.4. The van der Waals surface area contributed by atoms with Gasteiger partial charge >= 0.3 is 0 Å². The average Bonchev–Trinajstić information content (AvgIpc) is 3.16. The van der Waals surface area contributed by atoms with E-state index in [1.165, 1.54) is 0 Å². The standard InChI is InChI=1S/C17H19BrN4O/c18-13-3-1-12(2-4-13)7-17(23)22-14-5-6-15(22)9-16(8-14)21-11-19-10-20-21/h1-4,10-11,14-16H,5-9H2. The molecule has 1 amide bonds. The van der Waals surface area contributed by atoms with Gasteiger partial charge < -0.3 is 4.90 Å². The van der Waals surface area contributed by atoms with Crippen LogP contribution < -0.4 is 0 Å². The number of hydrogen-bond donors (Lipinski definition) is 0. The van der Waals surface area contributed by atoms with Crippen LogP contribution in [-0.4, -0.2) is 37.7 Å². The molecule has 120 valence electrons. The maximum absolute atomic E-state index is 12.8. The molecule has 2 atom stereocenters. The molecule has 1 aromatic heterocycles. The lowest BCUT2D eigenvalue weighted by atomic mass is 9.96. The summed E-state index contributed by atoms with van der Waals surface area (Å²) < 4.78 is 3.00. The van der Waals surface area contributed by atoms with Crippen molar-refractivity contribution in [1.82, 2.24) is 19.7 Å². The minimum atomic E-state index is 0.261. The summed E-state index contributed by atoms with van der Waals surface area (Å²) in [5.74, 6) is 0.261. The van der Waals surface area contributed by atoms with Gasteiger partial charge in [-0.1, -0.05) is 28.1 Å². The number of piperidine rings is 1. The largest absolute Gasteiger partial charge is 0.336 e. The Morgan fingerprint density at radius 3 is 2.43 bits per heavy atom. The van der Waals surface area contributed by atoms with Gasteiger partial charge in [0.25, 0.3) is 0 Å². The second-order valence-corrected chi connectivity index (χ2v) is 7.41. The van der Waals surface area contributed by atoms with E-state index in [0.717, 1.165) is 35.7 Å². The molecule has 0 spiro atoms. The van der Waals surface area contributed by atoms with Gasteiger partial charge in [0.05, 0.1) is 12.5 Å². The maximum atomic E-state index is 12.8. The first-order valence-electron chi connectivity index (χ1n) is 8.10. The number of hydrogen-bond acceptors (Lipinski definition) is 3. The Hall–Kier alpha value is -1.69. The molecule has 4 rings (SSSR count). The number of fused-ring (bicyclic) bond motifs is 2. The van der Waals surface area contributed by atoms with Crippen molar-refractivity contribution < 1.29 is 4.79 Å². The smallest absolute Gasteiger partial charge is 0.227 e. The van der Waals surface area contributed by atoms with E-state index in [-0.39, 0.29) is 5.91 Å². The van der Waals surface area contributed by atoms with Gasteiger partial charge in [-0.25, -0.2) is 9.67 Å². The third-order valence-corrected chi connectivity index (χ3v) is 5.60. The van der Waals surface area contributed by atoms with Crippen LogP contribution in [0.2, 0.25) is 0 Å². The van der Waals surface area contributed by atoms with Crippen LogP contribution in [0.25, 0.3) is 0 Å². The highest BCUT2D eigenvalue weighted by Crippen LogP contribution is 2.40. The van der Waals surface area contributed by atoms with Gasteiger partial charge in [-0.15, -0.1) is 0 Å². The molecule has 0 N–H and O–H groups in total. The fraction of sp³-hybridized carbons (Fsp3) is 0.471. The van der Waals surface area contributed by atoms with Gasteiger partial charge in [0.15, 0.2) is 0 Å². The van der Waals surface area contributed by atoms with Crippen LogP contribution in [0.5, 0.6) is 0 Å². The number of amides is 1. The number of aromatic nitrogens is 3. The zero-order chi connectivity index (χ0) is 15.8. The SMILES string of the molecule is O=C(Cc1ccc(Br)cc1)N1C2CCC1CC(n1cncn1)C2. The van der Waals surface area contributed by atoms with Crippen LogP contribution >= 0.6 is 15.9 Å². The summed E-state index contributed by atoms with van der Waals surface area (Å²) >= 11 is 3.43. The van der Waals surface area contributed by atoms with E-state index in [9.17, 15) is 4.79 Å². The number of benzene rings is 1. The molecule has 2 unspecified atom stereocenters. The summed E-state index contributed by atoms with van der Waals surface area (Å²) in [5, 5.41) is 4.28. The topological polar surface area (TPSA) is 51.0 Å². The van der Waals surface area contributed by atoms with Crippen molar-refractivity contribution in [2.45, 2.75) is 50.2 Å².